The Morgan fingerprint density at radius 1 is 1.12 bits per heavy atom. The lowest BCUT2D eigenvalue weighted by Gasteiger charge is -2.31. The van der Waals surface area contributed by atoms with E-state index in [0.717, 1.165) is 6.42 Å². The first-order valence-electron chi connectivity index (χ1n) is 10.3. The van der Waals surface area contributed by atoms with Gasteiger partial charge in [-0.2, -0.15) is 4.31 Å². The van der Waals surface area contributed by atoms with Crippen LogP contribution in [0.1, 0.15) is 33.6 Å². The molecule has 1 aliphatic rings. The summed E-state index contributed by atoms with van der Waals surface area (Å²) in [4.78, 5) is 12.6. The molecular formula is C22H24N4O5S2. The van der Waals surface area contributed by atoms with Crippen molar-refractivity contribution in [3.63, 3.8) is 0 Å². The van der Waals surface area contributed by atoms with Crippen molar-refractivity contribution in [1.29, 1.82) is 0 Å². The Bertz CT molecular complexity index is 1230. The van der Waals surface area contributed by atoms with Gasteiger partial charge < -0.3 is 14.8 Å². The SMILES string of the molecule is COc1ccc(OC)c(S(=O)(=O)N2CCCC(c3nnc(C(=O)Nc4ccccc4)s3)C2)c1. The van der Waals surface area contributed by atoms with Crippen molar-refractivity contribution in [2.45, 2.75) is 23.7 Å². The third kappa shape index (κ3) is 5.00. The van der Waals surface area contributed by atoms with E-state index >= 15 is 0 Å². The zero-order chi connectivity index (χ0) is 23.4. The smallest absolute Gasteiger partial charge is 0.286 e. The van der Waals surface area contributed by atoms with Gasteiger partial charge >= 0.3 is 0 Å². The molecule has 1 N–H and O–H groups in total. The molecule has 11 heteroatoms. The van der Waals surface area contributed by atoms with Crippen LogP contribution in [0.3, 0.4) is 0 Å². The van der Waals surface area contributed by atoms with E-state index in [-0.39, 0.29) is 34.0 Å². The van der Waals surface area contributed by atoms with Crippen LogP contribution in [0.15, 0.2) is 53.4 Å². The molecule has 1 amide bonds. The number of hydrogen-bond donors (Lipinski definition) is 1. The summed E-state index contributed by atoms with van der Waals surface area (Å²) < 4.78 is 38.8. The van der Waals surface area contributed by atoms with Crippen LogP contribution in [-0.2, 0) is 10.0 Å². The standard InChI is InChI=1S/C22H24N4O5S2/c1-30-17-10-11-18(31-2)19(13-17)33(28,29)26-12-6-7-15(14-26)21-24-25-22(32-21)20(27)23-16-8-4-3-5-9-16/h3-5,8-11,13,15H,6-7,12,14H2,1-2H3,(H,23,27). The minimum atomic E-state index is -3.82. The summed E-state index contributed by atoms with van der Waals surface area (Å²) in [6.45, 7) is 0.636. The summed E-state index contributed by atoms with van der Waals surface area (Å²) in [6.07, 6.45) is 1.43. The molecule has 1 saturated heterocycles. The van der Waals surface area contributed by atoms with E-state index in [4.69, 9.17) is 9.47 Å². The summed E-state index contributed by atoms with van der Waals surface area (Å²) in [6, 6.07) is 13.8. The van der Waals surface area contributed by atoms with E-state index in [2.05, 4.69) is 15.5 Å². The van der Waals surface area contributed by atoms with E-state index in [0.29, 0.717) is 29.4 Å². The van der Waals surface area contributed by atoms with Gasteiger partial charge in [-0.05, 0) is 37.1 Å². The lowest BCUT2D eigenvalue weighted by atomic mass is 10.0. The van der Waals surface area contributed by atoms with E-state index < -0.39 is 10.0 Å². The summed E-state index contributed by atoms with van der Waals surface area (Å²) >= 11 is 1.19. The zero-order valence-electron chi connectivity index (χ0n) is 18.2. The fourth-order valence-corrected chi connectivity index (χ4v) is 6.24. The van der Waals surface area contributed by atoms with Crippen LogP contribution in [0.2, 0.25) is 0 Å². The fourth-order valence-electron chi connectivity index (χ4n) is 3.68. The average Bonchev–Trinajstić information content (AvgIpc) is 3.35. The number of anilines is 1. The highest BCUT2D eigenvalue weighted by molar-refractivity contribution is 7.89. The van der Waals surface area contributed by atoms with Gasteiger partial charge in [0.05, 0.1) is 14.2 Å². The average molecular weight is 489 g/mol. The molecule has 174 valence electrons. The quantitative estimate of drug-likeness (QED) is 0.543. The van der Waals surface area contributed by atoms with Crippen molar-refractivity contribution in [2.24, 2.45) is 0 Å². The summed E-state index contributed by atoms with van der Waals surface area (Å²) in [5.74, 6) is 0.196. The molecule has 4 rings (SSSR count). The van der Waals surface area contributed by atoms with Gasteiger partial charge in [-0.15, -0.1) is 10.2 Å². The highest BCUT2D eigenvalue weighted by atomic mass is 32.2. The molecule has 1 atom stereocenters. The molecule has 1 aromatic heterocycles. The maximum atomic E-state index is 13.4. The van der Waals surface area contributed by atoms with E-state index in [1.54, 1.807) is 24.3 Å². The van der Waals surface area contributed by atoms with Crippen molar-refractivity contribution >= 4 is 33.0 Å². The number of carbonyl (C=O) groups excluding carboxylic acids is 1. The lowest BCUT2D eigenvalue weighted by molar-refractivity contribution is 0.102. The van der Waals surface area contributed by atoms with Gasteiger partial charge in [0.2, 0.25) is 15.0 Å². The molecule has 1 aliphatic heterocycles. The van der Waals surface area contributed by atoms with E-state index in [1.165, 1.54) is 35.9 Å². The lowest BCUT2D eigenvalue weighted by Crippen LogP contribution is -2.39. The largest absolute Gasteiger partial charge is 0.497 e. The normalized spacial score (nSPS) is 16.8. The molecule has 1 unspecified atom stereocenters. The highest BCUT2D eigenvalue weighted by Crippen LogP contribution is 2.35. The molecule has 0 radical (unpaired) electrons. The van der Waals surface area contributed by atoms with Gasteiger partial charge in [0.25, 0.3) is 5.91 Å². The zero-order valence-corrected chi connectivity index (χ0v) is 19.9. The minimum Gasteiger partial charge on any atom is -0.497 e. The molecule has 1 fully saturated rings. The number of nitrogens with zero attached hydrogens (tertiary/aromatic N) is 3. The van der Waals surface area contributed by atoms with Crippen LogP contribution in [0.4, 0.5) is 5.69 Å². The monoisotopic (exact) mass is 488 g/mol. The number of amides is 1. The maximum absolute atomic E-state index is 13.4. The fraction of sp³-hybridized carbons (Fsp3) is 0.318. The Hall–Kier alpha value is -3.02. The van der Waals surface area contributed by atoms with Gasteiger partial charge in [-0.1, -0.05) is 29.5 Å². The number of carbonyl (C=O) groups is 1. The third-order valence-electron chi connectivity index (χ3n) is 5.39. The second-order valence-corrected chi connectivity index (χ2v) is 10.4. The first kappa shape index (κ1) is 23.1. The van der Waals surface area contributed by atoms with Crippen molar-refractivity contribution in [3.8, 4) is 11.5 Å². The number of aromatic nitrogens is 2. The molecule has 0 saturated carbocycles. The van der Waals surface area contributed by atoms with Crippen molar-refractivity contribution in [1.82, 2.24) is 14.5 Å². The molecule has 3 aromatic rings. The van der Waals surface area contributed by atoms with E-state index in [1.807, 2.05) is 18.2 Å². The van der Waals surface area contributed by atoms with Crippen molar-refractivity contribution in [2.75, 3.05) is 32.6 Å². The Morgan fingerprint density at radius 2 is 1.91 bits per heavy atom. The van der Waals surface area contributed by atoms with Crippen LogP contribution >= 0.6 is 11.3 Å². The molecule has 0 spiro atoms. The Balaban J connectivity index is 1.52. The van der Waals surface area contributed by atoms with Gasteiger partial charge in [-0.3, -0.25) is 4.79 Å². The summed E-state index contributed by atoms with van der Waals surface area (Å²) in [5, 5.41) is 11.9. The first-order valence-corrected chi connectivity index (χ1v) is 12.6. The van der Waals surface area contributed by atoms with Crippen molar-refractivity contribution < 1.29 is 22.7 Å². The van der Waals surface area contributed by atoms with Crippen LogP contribution in [0.5, 0.6) is 11.5 Å². The molecule has 2 heterocycles. The predicted octanol–water partition coefficient (Wildman–Crippen LogP) is 3.38. The van der Waals surface area contributed by atoms with Gasteiger partial charge in [0.1, 0.15) is 21.4 Å². The second-order valence-electron chi connectivity index (χ2n) is 7.48. The van der Waals surface area contributed by atoms with Crippen LogP contribution < -0.4 is 14.8 Å². The molecular weight excluding hydrogens is 464 g/mol. The van der Waals surface area contributed by atoms with Gasteiger partial charge in [0.15, 0.2) is 0 Å². The number of nitrogens with one attached hydrogen (secondary N) is 1. The maximum Gasteiger partial charge on any atom is 0.286 e. The van der Waals surface area contributed by atoms with Crippen LogP contribution in [0, 0.1) is 0 Å². The number of sulfonamides is 1. The van der Waals surface area contributed by atoms with Crippen LogP contribution in [0.25, 0.3) is 0 Å². The number of hydrogen-bond acceptors (Lipinski definition) is 8. The Morgan fingerprint density at radius 3 is 2.64 bits per heavy atom. The number of methoxy groups -OCH3 is 2. The molecule has 0 aliphatic carbocycles. The number of para-hydroxylation sites is 1. The molecule has 33 heavy (non-hydrogen) atoms. The first-order chi connectivity index (χ1) is 15.9. The summed E-state index contributed by atoms with van der Waals surface area (Å²) in [7, 11) is -0.907. The Labute approximate surface area is 196 Å². The Kier molecular flexibility index (Phi) is 6.91. The number of rotatable bonds is 7. The highest BCUT2D eigenvalue weighted by Gasteiger charge is 2.34. The predicted molar refractivity (Wildman–Crippen MR) is 125 cm³/mol. The minimum absolute atomic E-state index is 0.0604. The molecule has 0 bridgehead atoms. The number of benzene rings is 2. The molecule has 2 aromatic carbocycles. The topological polar surface area (TPSA) is 111 Å². The second kappa shape index (κ2) is 9.86. The van der Waals surface area contributed by atoms with E-state index in [9.17, 15) is 13.2 Å². The summed E-state index contributed by atoms with van der Waals surface area (Å²) in [5.41, 5.74) is 0.668. The third-order valence-corrected chi connectivity index (χ3v) is 8.36. The van der Waals surface area contributed by atoms with Gasteiger partial charge in [0, 0.05) is 30.8 Å². The van der Waals surface area contributed by atoms with Crippen LogP contribution in [-0.4, -0.2) is 56.1 Å². The van der Waals surface area contributed by atoms with Gasteiger partial charge in [-0.25, -0.2) is 8.42 Å². The van der Waals surface area contributed by atoms with Crippen molar-refractivity contribution in [3.05, 3.63) is 58.5 Å². The molecule has 9 nitrogen and oxygen atoms in total. The number of piperidine rings is 1. The number of ether oxygens (including phenoxy) is 2.